The van der Waals surface area contributed by atoms with Crippen molar-refractivity contribution in [2.75, 3.05) is 33.9 Å². The molecule has 0 bridgehead atoms. The van der Waals surface area contributed by atoms with Crippen molar-refractivity contribution in [1.29, 1.82) is 0 Å². The third kappa shape index (κ3) is 8.27. The number of ether oxygens (including phenoxy) is 2. The van der Waals surface area contributed by atoms with E-state index >= 15 is 0 Å². The van der Waals surface area contributed by atoms with E-state index in [1.807, 2.05) is 20.0 Å². The highest BCUT2D eigenvalue weighted by atomic mass is 16.5. The van der Waals surface area contributed by atoms with E-state index in [-0.39, 0.29) is 12.4 Å². The van der Waals surface area contributed by atoms with E-state index in [0.717, 1.165) is 24.1 Å². The van der Waals surface area contributed by atoms with Crippen molar-refractivity contribution >= 4 is 16.8 Å². The van der Waals surface area contributed by atoms with Crippen LogP contribution in [0.25, 0.3) is 11.0 Å². The van der Waals surface area contributed by atoms with Gasteiger partial charge >= 0.3 is 5.63 Å². The number of carbonyl (C=O) groups excluding carboxylic acids is 1. The lowest BCUT2D eigenvalue weighted by molar-refractivity contribution is -0.118. The van der Waals surface area contributed by atoms with E-state index < -0.39 is 5.63 Å². The van der Waals surface area contributed by atoms with Gasteiger partial charge in [0.05, 0.1) is 0 Å². The summed E-state index contributed by atoms with van der Waals surface area (Å²) in [4.78, 5) is 22.0. The molecule has 0 amide bonds. The van der Waals surface area contributed by atoms with Crippen LogP contribution in [0.3, 0.4) is 0 Å². The quantitative estimate of drug-likeness (QED) is 0.545. The van der Waals surface area contributed by atoms with E-state index in [1.54, 1.807) is 19.2 Å². The minimum Gasteiger partial charge on any atom is -0.486 e. The molecule has 1 aromatic carbocycles. The lowest BCUT2D eigenvalue weighted by atomic mass is 10.1. The van der Waals surface area contributed by atoms with Gasteiger partial charge in [0.25, 0.3) is 0 Å². The molecule has 2 rings (SSSR count). The van der Waals surface area contributed by atoms with Crippen LogP contribution in [0, 0.1) is 6.92 Å². The Balaban J connectivity index is 0.000000321. The molecule has 1 heterocycles. The molecule has 2 aromatic rings. The smallest absolute Gasteiger partial charge is 0.336 e. The maximum atomic E-state index is 11.2. The summed E-state index contributed by atoms with van der Waals surface area (Å²) >= 11 is 0. The molecule has 1 N–H and O–H groups in total. The predicted octanol–water partition coefficient (Wildman–Crippen LogP) is 3.09. The lowest BCUT2D eigenvalue weighted by Gasteiger charge is -2.05. The lowest BCUT2D eigenvalue weighted by Crippen LogP contribution is -2.07. The summed E-state index contributed by atoms with van der Waals surface area (Å²) in [5.74, 6) is 0.456. The first-order chi connectivity index (χ1) is 12.5. The summed E-state index contributed by atoms with van der Waals surface area (Å²) in [6.45, 7) is 5.34. The molecule has 6 nitrogen and oxygen atoms in total. The Morgan fingerprint density at radius 2 is 1.96 bits per heavy atom. The molecule has 0 unspecified atom stereocenters. The van der Waals surface area contributed by atoms with Gasteiger partial charge in [-0.2, -0.15) is 0 Å². The second-order valence-corrected chi connectivity index (χ2v) is 6.05. The Bertz CT molecular complexity index is 733. The minimum absolute atomic E-state index is 0.0154. The number of aryl methyl sites for hydroxylation is 1. The van der Waals surface area contributed by atoms with E-state index in [2.05, 4.69) is 5.32 Å². The van der Waals surface area contributed by atoms with E-state index in [1.165, 1.54) is 32.3 Å². The van der Waals surface area contributed by atoms with Crippen molar-refractivity contribution in [3.8, 4) is 5.75 Å². The van der Waals surface area contributed by atoms with E-state index in [4.69, 9.17) is 13.9 Å². The zero-order valence-corrected chi connectivity index (χ0v) is 16.1. The van der Waals surface area contributed by atoms with Crippen molar-refractivity contribution in [3.63, 3.8) is 0 Å². The number of methoxy groups -OCH3 is 1. The van der Waals surface area contributed by atoms with Crippen LogP contribution in [0.5, 0.6) is 5.75 Å². The summed E-state index contributed by atoms with van der Waals surface area (Å²) < 4.78 is 15.2. The molecule has 0 aliphatic carbocycles. The number of nitrogens with one attached hydrogen (secondary N) is 1. The van der Waals surface area contributed by atoms with Crippen molar-refractivity contribution in [2.45, 2.75) is 33.1 Å². The minimum atomic E-state index is -0.390. The standard InChI is InChI=1S/C13H12O4.C7H17NO/c1-8-5-13(15)17-12-6-10(3-4-11(8)12)16-7-9(2)14;1-8-6-4-3-5-7-9-2/h3-6H,7H2,1-2H3;8H,3-7H2,1-2H3. The fraction of sp³-hybridized carbons (Fsp3) is 0.500. The molecule has 26 heavy (non-hydrogen) atoms. The van der Waals surface area contributed by atoms with Crippen LogP contribution in [0.2, 0.25) is 0 Å². The van der Waals surface area contributed by atoms with Crippen molar-refractivity contribution < 1.29 is 18.7 Å². The molecule has 0 spiro atoms. The third-order valence-electron chi connectivity index (χ3n) is 3.64. The van der Waals surface area contributed by atoms with E-state index in [0.29, 0.717) is 11.3 Å². The van der Waals surface area contributed by atoms with Crippen LogP contribution in [0.1, 0.15) is 31.7 Å². The molecule has 0 aliphatic rings. The van der Waals surface area contributed by atoms with Crippen LogP contribution < -0.4 is 15.7 Å². The van der Waals surface area contributed by atoms with E-state index in [9.17, 15) is 9.59 Å². The average molecular weight is 363 g/mol. The second kappa shape index (κ2) is 12.2. The molecular weight excluding hydrogens is 334 g/mol. The van der Waals surface area contributed by atoms with Crippen LogP contribution in [0.4, 0.5) is 0 Å². The Labute approximate surface area is 154 Å². The fourth-order valence-corrected chi connectivity index (χ4v) is 2.30. The van der Waals surface area contributed by atoms with Gasteiger partial charge in [0.2, 0.25) is 0 Å². The molecule has 0 fully saturated rings. The van der Waals surface area contributed by atoms with Crippen molar-refractivity contribution in [1.82, 2.24) is 5.32 Å². The van der Waals surface area contributed by atoms with Gasteiger partial charge in [-0.05, 0) is 64.4 Å². The number of carbonyl (C=O) groups is 1. The zero-order valence-electron chi connectivity index (χ0n) is 16.1. The SMILES string of the molecule is CC(=O)COc1ccc2c(C)cc(=O)oc2c1.CNCCCCCOC. The zero-order chi connectivity index (χ0) is 19.4. The van der Waals surface area contributed by atoms with Gasteiger partial charge in [0.15, 0.2) is 5.78 Å². The molecule has 0 radical (unpaired) electrons. The predicted molar refractivity (Wildman–Crippen MR) is 103 cm³/mol. The van der Waals surface area contributed by atoms with Crippen LogP contribution in [-0.2, 0) is 9.53 Å². The molecular formula is C20H29NO5. The second-order valence-electron chi connectivity index (χ2n) is 6.05. The van der Waals surface area contributed by atoms with Gasteiger partial charge in [0, 0.05) is 31.2 Å². The summed E-state index contributed by atoms with van der Waals surface area (Å²) in [7, 11) is 3.73. The average Bonchev–Trinajstić information content (AvgIpc) is 2.60. The van der Waals surface area contributed by atoms with Crippen molar-refractivity contribution in [3.05, 3.63) is 40.2 Å². The van der Waals surface area contributed by atoms with Gasteiger partial charge < -0.3 is 19.2 Å². The molecule has 144 valence electrons. The summed E-state index contributed by atoms with van der Waals surface area (Å²) in [5, 5.41) is 3.96. The molecule has 6 heteroatoms. The fourth-order valence-electron chi connectivity index (χ4n) is 2.30. The van der Waals surface area contributed by atoms with Gasteiger partial charge in [-0.15, -0.1) is 0 Å². The normalized spacial score (nSPS) is 10.3. The highest BCUT2D eigenvalue weighted by molar-refractivity contribution is 5.81. The molecule has 1 aromatic heterocycles. The Kier molecular flexibility index (Phi) is 10.3. The number of rotatable bonds is 9. The number of fused-ring (bicyclic) bond motifs is 1. The summed E-state index contributed by atoms with van der Waals surface area (Å²) in [6.07, 6.45) is 3.73. The molecule has 0 saturated carbocycles. The number of benzene rings is 1. The maximum absolute atomic E-state index is 11.2. The first-order valence-electron chi connectivity index (χ1n) is 8.78. The summed E-state index contributed by atoms with van der Waals surface area (Å²) in [6, 6.07) is 6.62. The van der Waals surface area contributed by atoms with Gasteiger partial charge in [-0.3, -0.25) is 4.79 Å². The number of hydrogen-bond acceptors (Lipinski definition) is 6. The highest BCUT2D eigenvalue weighted by Gasteiger charge is 2.04. The Morgan fingerprint density at radius 3 is 2.62 bits per heavy atom. The Hall–Kier alpha value is -2.18. The molecule has 0 aliphatic heterocycles. The monoisotopic (exact) mass is 363 g/mol. The number of unbranched alkanes of at least 4 members (excludes halogenated alkanes) is 2. The first-order valence-corrected chi connectivity index (χ1v) is 8.78. The Morgan fingerprint density at radius 1 is 1.19 bits per heavy atom. The topological polar surface area (TPSA) is 77.8 Å². The van der Waals surface area contributed by atoms with Crippen molar-refractivity contribution in [2.24, 2.45) is 0 Å². The third-order valence-corrected chi connectivity index (χ3v) is 3.64. The number of Topliss-reactive ketones (excluding diaryl/α,β-unsaturated/α-hetero) is 1. The summed E-state index contributed by atoms with van der Waals surface area (Å²) in [5.41, 5.74) is 0.934. The molecule has 0 atom stereocenters. The molecule has 0 saturated heterocycles. The van der Waals surface area contributed by atoms with Gasteiger partial charge in [-0.1, -0.05) is 0 Å². The highest BCUT2D eigenvalue weighted by Crippen LogP contribution is 2.22. The first kappa shape index (κ1) is 21.9. The van der Waals surface area contributed by atoms with Crippen LogP contribution in [0.15, 0.2) is 33.5 Å². The van der Waals surface area contributed by atoms with Gasteiger partial charge in [-0.25, -0.2) is 4.79 Å². The van der Waals surface area contributed by atoms with Gasteiger partial charge in [0.1, 0.15) is 17.9 Å². The number of hydrogen-bond donors (Lipinski definition) is 1. The number of ketones is 1. The van der Waals surface area contributed by atoms with Crippen LogP contribution >= 0.6 is 0 Å². The largest absolute Gasteiger partial charge is 0.486 e. The maximum Gasteiger partial charge on any atom is 0.336 e. The van der Waals surface area contributed by atoms with Crippen LogP contribution in [-0.4, -0.2) is 39.7 Å².